The number of esters is 1. The summed E-state index contributed by atoms with van der Waals surface area (Å²) in [5, 5.41) is 42.0. The molecule has 4 aliphatic carbocycles. The number of carbonyl (C=O) groups excluding carboxylic acids is 3. The van der Waals surface area contributed by atoms with Gasteiger partial charge in [-0.25, -0.2) is 0 Å². The van der Waals surface area contributed by atoms with Crippen LogP contribution in [0.5, 0.6) is 0 Å². The number of unbranched alkanes of at least 4 members (excludes halogenated alkanes) is 1. The molecule has 0 unspecified atom stereocenters. The van der Waals surface area contributed by atoms with E-state index < -0.39 is 47.5 Å². The lowest BCUT2D eigenvalue weighted by Gasteiger charge is -2.67. The number of amides is 1. The summed E-state index contributed by atoms with van der Waals surface area (Å²) in [5.41, 5.74) is 0.0813. The molecule has 0 radical (unpaired) electrons. The molecule has 0 aromatic carbocycles. The van der Waals surface area contributed by atoms with Crippen molar-refractivity contribution in [1.82, 2.24) is 9.88 Å². The first kappa shape index (κ1) is 46.9. The van der Waals surface area contributed by atoms with E-state index in [9.17, 15) is 39.6 Å². The largest absolute Gasteiger partial charge is 0.481 e. The third-order valence-electron chi connectivity index (χ3n) is 16.2. The Labute approximate surface area is 352 Å². The lowest BCUT2D eigenvalue weighted by Crippen LogP contribution is -2.60. The Balaban J connectivity index is 1.42. The molecule has 9 atom stereocenters. The number of rotatable bonds is 18. The lowest BCUT2D eigenvalue weighted by molar-refractivity contribution is -0.174. The number of ether oxygens (including phenoxy) is 1. The number of aliphatic hydroxyl groups is 3. The number of allylic oxidation sites excluding steroid dienone is 1. The predicted molar refractivity (Wildman–Crippen MR) is 226 cm³/mol. The van der Waals surface area contributed by atoms with Gasteiger partial charge in [-0.15, -0.1) is 0 Å². The smallest absolute Gasteiger partial charge is 0.309 e. The van der Waals surface area contributed by atoms with Gasteiger partial charge >= 0.3 is 11.9 Å². The number of hydrogen-bond donors (Lipinski definition) is 4. The molecule has 3 fully saturated rings. The highest BCUT2D eigenvalue weighted by Crippen LogP contribution is 2.73. The summed E-state index contributed by atoms with van der Waals surface area (Å²) in [7, 11) is 0. The van der Waals surface area contributed by atoms with Gasteiger partial charge in [-0.1, -0.05) is 72.9 Å². The van der Waals surface area contributed by atoms with Crippen molar-refractivity contribution in [2.24, 2.45) is 50.7 Å². The molecular weight excluding hydrogens is 749 g/mol. The van der Waals surface area contributed by atoms with E-state index in [0.29, 0.717) is 24.0 Å². The van der Waals surface area contributed by atoms with Crippen molar-refractivity contribution in [1.29, 1.82) is 0 Å². The first-order valence-corrected chi connectivity index (χ1v) is 22.4. The molecule has 5 rings (SSSR count). The molecule has 1 aromatic rings. The third-order valence-corrected chi connectivity index (χ3v) is 16.2. The number of fused-ring (bicyclic) bond motifs is 5. The van der Waals surface area contributed by atoms with Gasteiger partial charge in [0.2, 0.25) is 5.91 Å². The monoisotopic (exact) mass is 823 g/mol. The number of carboxylic acid groups (broad SMARTS) is 1. The van der Waals surface area contributed by atoms with Crippen LogP contribution in [0.2, 0.25) is 0 Å². The molecule has 3 saturated carbocycles. The van der Waals surface area contributed by atoms with Crippen molar-refractivity contribution in [2.75, 3.05) is 13.2 Å². The fraction of sp³-hybridized carbons (Fsp3) is 0.771. The van der Waals surface area contributed by atoms with Crippen LogP contribution in [0.25, 0.3) is 0 Å². The number of carbonyl (C=O) groups is 4. The van der Waals surface area contributed by atoms with Gasteiger partial charge in [-0.2, -0.15) is 0 Å². The normalized spacial score (nSPS) is 29.9. The van der Waals surface area contributed by atoms with Crippen molar-refractivity contribution in [3.05, 3.63) is 41.2 Å². The molecule has 1 heterocycles. The number of ketones is 1. The van der Waals surface area contributed by atoms with Gasteiger partial charge in [0, 0.05) is 30.0 Å². The predicted octanol–water partition coefficient (Wildman–Crippen LogP) is 7.69. The highest BCUT2D eigenvalue weighted by Gasteiger charge is 2.66. The molecule has 1 aromatic heterocycles. The maximum Gasteiger partial charge on any atom is 0.309 e. The zero-order chi connectivity index (χ0) is 43.7. The maximum atomic E-state index is 14.2. The topological polar surface area (TPSA) is 175 Å². The van der Waals surface area contributed by atoms with Crippen molar-refractivity contribution in [3.63, 3.8) is 0 Å². The van der Waals surface area contributed by atoms with Crippen LogP contribution >= 0.6 is 0 Å². The van der Waals surface area contributed by atoms with Gasteiger partial charge in [0.25, 0.3) is 0 Å². The van der Waals surface area contributed by atoms with Gasteiger partial charge in [0.05, 0.1) is 49.3 Å². The molecule has 11 heteroatoms. The van der Waals surface area contributed by atoms with Gasteiger partial charge in [-0.05, 0) is 117 Å². The summed E-state index contributed by atoms with van der Waals surface area (Å²) in [6.07, 6.45) is 7.76. The molecule has 0 aliphatic heterocycles. The summed E-state index contributed by atoms with van der Waals surface area (Å²) in [5.74, 6) is -0.992. The first-order valence-electron chi connectivity index (χ1n) is 22.4. The minimum absolute atomic E-state index is 0.0205. The van der Waals surface area contributed by atoms with E-state index >= 15 is 0 Å². The van der Waals surface area contributed by atoms with Crippen LogP contribution in [-0.2, 0) is 30.5 Å². The average molecular weight is 823 g/mol. The molecule has 0 saturated heterocycles. The Morgan fingerprint density at radius 3 is 2.34 bits per heavy atom. The second kappa shape index (κ2) is 18.1. The minimum atomic E-state index is -1.22. The van der Waals surface area contributed by atoms with Crippen LogP contribution < -0.4 is 0 Å². The molecule has 1 amide bonds. The van der Waals surface area contributed by atoms with Crippen LogP contribution in [0.3, 0.4) is 0 Å². The molecule has 330 valence electrons. The Hall–Kier alpha value is -3.15. The SMILES string of the molecule is CCCC[C@H](OC(=O)CC(C)(C)C(=O)O)C(C)(C)[C@@H]1CC[C@]2(C)[C@H](CC[C@@H]3C4=C(C(C)C)C(=O)C[C@]4([C@@H](O)CN(Cc4ccccn4)C(=O)C[C@H](O)CO)CC[C@]32C)C1. The number of pyridine rings is 1. The van der Waals surface area contributed by atoms with Crippen molar-refractivity contribution in [3.8, 4) is 0 Å². The molecule has 11 nitrogen and oxygen atoms in total. The maximum absolute atomic E-state index is 14.2. The van der Waals surface area contributed by atoms with Crippen LogP contribution in [0.15, 0.2) is 35.5 Å². The highest BCUT2D eigenvalue weighted by atomic mass is 16.5. The summed E-state index contributed by atoms with van der Waals surface area (Å²) in [6, 6.07) is 5.45. The number of Topliss-reactive ketones (excluding diaryl/α,β-unsaturated/α-hetero) is 1. The fourth-order valence-electron chi connectivity index (χ4n) is 12.1. The molecular formula is C48H74N2O9. The van der Waals surface area contributed by atoms with E-state index in [0.717, 1.165) is 68.9 Å². The van der Waals surface area contributed by atoms with Crippen molar-refractivity contribution in [2.45, 2.75) is 171 Å². The summed E-state index contributed by atoms with van der Waals surface area (Å²) in [4.78, 5) is 58.9. The molecule has 4 aliphatic rings. The highest BCUT2D eigenvalue weighted by molar-refractivity contribution is 6.00. The zero-order valence-corrected chi connectivity index (χ0v) is 37.4. The van der Waals surface area contributed by atoms with E-state index in [1.807, 2.05) is 12.1 Å². The number of nitrogens with zero attached hydrogens (tertiary/aromatic N) is 2. The van der Waals surface area contributed by atoms with Crippen LogP contribution in [-0.4, -0.2) is 85.4 Å². The first-order chi connectivity index (χ1) is 27.6. The number of aromatic nitrogens is 1. The Morgan fingerprint density at radius 2 is 1.73 bits per heavy atom. The van der Waals surface area contributed by atoms with Gasteiger partial charge in [-0.3, -0.25) is 24.2 Å². The standard InChI is InChI=1S/C48H74N2O9/c1-10-11-15-38(59-40(56)26-44(4,5)43(57)58)45(6,7)31-18-19-46(8)32(23-31)16-17-35-42-41(30(2)3)36(53)25-48(42,21-20-47(35,46)9)37(54)28-50(39(55)24-34(52)29-51)27-33-14-12-13-22-49-33/h12-14,22,30-32,34-35,37-38,51-52,54H,10-11,15-21,23-29H2,1-9H3,(H,57,58)/t31-,32-,34+,35-,37+,38+,46-,47-,48+/m1/s1. The molecule has 0 bridgehead atoms. The Morgan fingerprint density at radius 1 is 1.02 bits per heavy atom. The number of carboxylic acids is 1. The number of aliphatic hydroxyl groups excluding tert-OH is 3. The minimum Gasteiger partial charge on any atom is -0.481 e. The third kappa shape index (κ3) is 9.09. The average Bonchev–Trinajstić information content (AvgIpc) is 3.49. The fourth-order valence-corrected chi connectivity index (χ4v) is 12.1. The Bertz CT molecular complexity index is 1720. The summed E-state index contributed by atoms with van der Waals surface area (Å²) in [6.45, 7) is 18.3. The van der Waals surface area contributed by atoms with E-state index in [-0.39, 0.29) is 72.3 Å². The number of hydrogen-bond acceptors (Lipinski definition) is 9. The lowest BCUT2D eigenvalue weighted by atomic mass is 9.38. The van der Waals surface area contributed by atoms with E-state index in [1.54, 1.807) is 26.1 Å². The summed E-state index contributed by atoms with van der Waals surface area (Å²) >= 11 is 0. The number of aliphatic carboxylic acids is 1. The molecule has 0 spiro atoms. The van der Waals surface area contributed by atoms with Gasteiger partial charge < -0.3 is 30.1 Å². The second-order valence-corrected chi connectivity index (χ2v) is 20.8. The Kier molecular flexibility index (Phi) is 14.4. The van der Waals surface area contributed by atoms with E-state index in [1.165, 1.54) is 4.90 Å². The quantitative estimate of drug-likeness (QED) is 0.108. The van der Waals surface area contributed by atoms with Gasteiger partial charge in [0.1, 0.15) is 6.10 Å². The zero-order valence-electron chi connectivity index (χ0n) is 37.4. The van der Waals surface area contributed by atoms with Crippen LogP contribution in [0, 0.1) is 50.7 Å². The van der Waals surface area contributed by atoms with Crippen molar-refractivity contribution < 1.29 is 44.3 Å². The molecule has 4 N–H and O–H groups in total. The van der Waals surface area contributed by atoms with Crippen LogP contribution in [0.4, 0.5) is 0 Å². The van der Waals surface area contributed by atoms with E-state index in [4.69, 9.17) is 4.74 Å². The van der Waals surface area contributed by atoms with Gasteiger partial charge in [0.15, 0.2) is 5.78 Å². The summed E-state index contributed by atoms with van der Waals surface area (Å²) < 4.78 is 6.23. The second-order valence-electron chi connectivity index (χ2n) is 20.8. The van der Waals surface area contributed by atoms with E-state index in [2.05, 4.69) is 53.5 Å². The van der Waals surface area contributed by atoms with Crippen LogP contribution in [0.1, 0.15) is 151 Å². The molecule has 59 heavy (non-hydrogen) atoms. The van der Waals surface area contributed by atoms with Crippen molar-refractivity contribution >= 4 is 23.6 Å².